The van der Waals surface area contributed by atoms with E-state index in [1.165, 1.54) is 0 Å². The number of anilines is 1. The van der Waals surface area contributed by atoms with Crippen LogP contribution in [0.25, 0.3) is 0 Å². The van der Waals surface area contributed by atoms with Crippen molar-refractivity contribution in [2.24, 2.45) is 0 Å². The molecule has 3 heteroatoms. The summed E-state index contributed by atoms with van der Waals surface area (Å²) in [6.07, 6.45) is -0.667. The summed E-state index contributed by atoms with van der Waals surface area (Å²) in [5.41, 5.74) is 9.15. The lowest BCUT2D eigenvalue weighted by Crippen LogP contribution is -2.04. The van der Waals surface area contributed by atoms with Crippen LogP contribution >= 0.6 is 0 Å². The van der Waals surface area contributed by atoms with Crippen molar-refractivity contribution in [3.63, 3.8) is 0 Å². The normalized spacial score (nSPS) is 12.2. The molecule has 1 atom stereocenters. The monoisotopic (exact) mass is 257 g/mol. The number of aliphatic hydroxyl groups excluding tert-OH is 1. The minimum atomic E-state index is -0.667. The summed E-state index contributed by atoms with van der Waals surface area (Å²) in [4.78, 5) is 0. The summed E-state index contributed by atoms with van der Waals surface area (Å²) >= 11 is 0. The number of ether oxygens (including phenoxy) is 1. The molecule has 19 heavy (non-hydrogen) atoms. The number of benzene rings is 2. The first-order valence-electron chi connectivity index (χ1n) is 6.39. The molecule has 0 amide bonds. The van der Waals surface area contributed by atoms with Gasteiger partial charge in [-0.15, -0.1) is 0 Å². The lowest BCUT2D eigenvalue weighted by atomic mass is 9.96. The van der Waals surface area contributed by atoms with Crippen LogP contribution < -0.4 is 10.5 Å². The van der Waals surface area contributed by atoms with Crippen molar-refractivity contribution in [3.8, 4) is 5.75 Å². The third-order valence-corrected chi connectivity index (χ3v) is 3.22. The molecule has 0 radical (unpaired) electrons. The van der Waals surface area contributed by atoms with E-state index in [1.807, 2.05) is 56.3 Å². The molecule has 0 aliphatic heterocycles. The predicted molar refractivity (Wildman–Crippen MR) is 77.3 cm³/mol. The number of rotatable bonds is 4. The van der Waals surface area contributed by atoms with Gasteiger partial charge in [0.1, 0.15) is 11.9 Å². The zero-order valence-corrected chi connectivity index (χ0v) is 11.3. The molecule has 100 valence electrons. The molecular formula is C16H19NO2. The fraction of sp³-hybridized carbons (Fsp3) is 0.250. The van der Waals surface area contributed by atoms with E-state index in [4.69, 9.17) is 10.5 Å². The molecule has 0 aromatic heterocycles. The number of hydrogen-bond donors (Lipinski definition) is 2. The summed E-state index contributed by atoms with van der Waals surface area (Å²) in [5.74, 6) is 0.808. The molecule has 2 aromatic carbocycles. The maximum atomic E-state index is 10.4. The Morgan fingerprint density at radius 1 is 1.16 bits per heavy atom. The van der Waals surface area contributed by atoms with Gasteiger partial charge in [0, 0.05) is 5.69 Å². The highest BCUT2D eigenvalue weighted by atomic mass is 16.5. The number of nitrogens with two attached hydrogens (primary N) is 1. The van der Waals surface area contributed by atoms with Gasteiger partial charge in [-0.1, -0.05) is 24.3 Å². The van der Waals surface area contributed by atoms with Crippen LogP contribution in [0.2, 0.25) is 0 Å². The van der Waals surface area contributed by atoms with Crippen LogP contribution in [0.4, 0.5) is 5.69 Å². The summed E-state index contributed by atoms with van der Waals surface area (Å²) in [6.45, 7) is 4.50. The van der Waals surface area contributed by atoms with E-state index in [0.717, 1.165) is 22.4 Å². The van der Waals surface area contributed by atoms with Gasteiger partial charge in [0.15, 0.2) is 0 Å². The van der Waals surface area contributed by atoms with Crippen molar-refractivity contribution in [1.29, 1.82) is 0 Å². The van der Waals surface area contributed by atoms with Crippen LogP contribution in [0.5, 0.6) is 5.75 Å². The highest BCUT2D eigenvalue weighted by Gasteiger charge is 2.13. The smallest absolute Gasteiger partial charge is 0.119 e. The standard InChI is InChI=1S/C16H19NO2/c1-3-19-13-9-7-12(8-10-13)16(18)14-5-4-6-15(17)11(14)2/h4-10,16,18H,3,17H2,1-2H3/t16-/m0/s1. The van der Waals surface area contributed by atoms with E-state index in [1.54, 1.807) is 0 Å². The minimum absolute atomic E-state index is 0.635. The van der Waals surface area contributed by atoms with Gasteiger partial charge >= 0.3 is 0 Å². The first kappa shape index (κ1) is 13.4. The van der Waals surface area contributed by atoms with Gasteiger partial charge in [-0.3, -0.25) is 0 Å². The molecule has 0 fully saturated rings. The van der Waals surface area contributed by atoms with Gasteiger partial charge in [0.05, 0.1) is 6.61 Å². The maximum Gasteiger partial charge on any atom is 0.119 e. The Morgan fingerprint density at radius 2 is 1.84 bits per heavy atom. The molecule has 0 saturated carbocycles. The second kappa shape index (κ2) is 5.76. The molecule has 0 spiro atoms. The van der Waals surface area contributed by atoms with Crippen molar-refractivity contribution in [1.82, 2.24) is 0 Å². The van der Waals surface area contributed by atoms with Crippen LogP contribution in [-0.4, -0.2) is 11.7 Å². The highest BCUT2D eigenvalue weighted by molar-refractivity contribution is 5.52. The van der Waals surface area contributed by atoms with Crippen LogP contribution in [0.15, 0.2) is 42.5 Å². The molecule has 0 heterocycles. The van der Waals surface area contributed by atoms with Gasteiger partial charge in [-0.2, -0.15) is 0 Å². The highest BCUT2D eigenvalue weighted by Crippen LogP contribution is 2.28. The quantitative estimate of drug-likeness (QED) is 0.828. The first-order valence-corrected chi connectivity index (χ1v) is 6.39. The summed E-state index contributed by atoms with van der Waals surface area (Å²) in [5, 5.41) is 10.4. The van der Waals surface area contributed by atoms with Crippen LogP contribution in [0, 0.1) is 6.92 Å². The number of nitrogen functional groups attached to an aromatic ring is 1. The molecule has 3 N–H and O–H groups in total. The minimum Gasteiger partial charge on any atom is -0.494 e. The Morgan fingerprint density at radius 3 is 2.47 bits per heavy atom. The largest absolute Gasteiger partial charge is 0.494 e. The lowest BCUT2D eigenvalue weighted by Gasteiger charge is -2.16. The van der Waals surface area contributed by atoms with Crippen molar-refractivity contribution in [2.45, 2.75) is 20.0 Å². The van der Waals surface area contributed by atoms with Gasteiger partial charge in [-0.05, 0) is 48.7 Å². The average molecular weight is 257 g/mol. The van der Waals surface area contributed by atoms with Crippen LogP contribution in [0.1, 0.15) is 29.7 Å². The van der Waals surface area contributed by atoms with Crippen LogP contribution in [-0.2, 0) is 0 Å². The Hall–Kier alpha value is -2.00. The first-order chi connectivity index (χ1) is 9.13. The molecular weight excluding hydrogens is 238 g/mol. The second-order valence-electron chi connectivity index (χ2n) is 4.47. The Labute approximate surface area is 113 Å². The Bertz CT molecular complexity index is 549. The molecule has 0 bridgehead atoms. The summed E-state index contributed by atoms with van der Waals surface area (Å²) < 4.78 is 5.39. The maximum absolute atomic E-state index is 10.4. The topological polar surface area (TPSA) is 55.5 Å². The number of hydrogen-bond acceptors (Lipinski definition) is 3. The van der Waals surface area contributed by atoms with Gasteiger partial charge < -0.3 is 15.6 Å². The molecule has 3 nitrogen and oxygen atoms in total. The zero-order valence-electron chi connectivity index (χ0n) is 11.3. The zero-order chi connectivity index (χ0) is 13.8. The average Bonchev–Trinajstić information content (AvgIpc) is 2.42. The third kappa shape index (κ3) is 2.88. The Balaban J connectivity index is 2.28. The number of aliphatic hydroxyl groups is 1. The van der Waals surface area contributed by atoms with E-state index in [2.05, 4.69) is 0 Å². The summed E-state index contributed by atoms with van der Waals surface area (Å²) in [6, 6.07) is 13.1. The fourth-order valence-corrected chi connectivity index (χ4v) is 2.06. The second-order valence-corrected chi connectivity index (χ2v) is 4.47. The van der Waals surface area contributed by atoms with Crippen LogP contribution in [0.3, 0.4) is 0 Å². The van der Waals surface area contributed by atoms with Gasteiger partial charge in [0.25, 0.3) is 0 Å². The molecule has 0 aliphatic carbocycles. The van der Waals surface area contributed by atoms with E-state index >= 15 is 0 Å². The predicted octanol–water partition coefficient (Wildman–Crippen LogP) is 3.06. The van der Waals surface area contributed by atoms with Crippen molar-refractivity contribution < 1.29 is 9.84 Å². The molecule has 2 rings (SSSR count). The van der Waals surface area contributed by atoms with E-state index < -0.39 is 6.10 Å². The van der Waals surface area contributed by atoms with E-state index in [0.29, 0.717) is 12.3 Å². The van der Waals surface area contributed by atoms with E-state index in [9.17, 15) is 5.11 Å². The van der Waals surface area contributed by atoms with Crippen molar-refractivity contribution in [2.75, 3.05) is 12.3 Å². The molecule has 0 aliphatic rings. The van der Waals surface area contributed by atoms with Crippen molar-refractivity contribution >= 4 is 5.69 Å². The molecule has 0 unspecified atom stereocenters. The van der Waals surface area contributed by atoms with E-state index in [-0.39, 0.29) is 0 Å². The SMILES string of the molecule is CCOc1ccc([C@H](O)c2cccc(N)c2C)cc1. The third-order valence-electron chi connectivity index (χ3n) is 3.22. The van der Waals surface area contributed by atoms with Gasteiger partial charge in [0.2, 0.25) is 0 Å². The van der Waals surface area contributed by atoms with Crippen molar-refractivity contribution in [3.05, 3.63) is 59.2 Å². The Kier molecular flexibility index (Phi) is 4.07. The fourth-order valence-electron chi connectivity index (χ4n) is 2.06. The molecule has 2 aromatic rings. The lowest BCUT2D eigenvalue weighted by molar-refractivity contribution is 0.219. The summed E-state index contributed by atoms with van der Waals surface area (Å²) in [7, 11) is 0. The van der Waals surface area contributed by atoms with Gasteiger partial charge in [-0.25, -0.2) is 0 Å². The molecule has 0 saturated heterocycles.